The Hall–Kier alpha value is -1.75. The van der Waals surface area contributed by atoms with Crippen molar-refractivity contribution in [2.45, 2.75) is 51.6 Å². The van der Waals surface area contributed by atoms with E-state index in [0.29, 0.717) is 5.92 Å². The van der Waals surface area contributed by atoms with Crippen LogP contribution in [0.5, 0.6) is 0 Å². The Morgan fingerprint density at radius 3 is 2.48 bits per heavy atom. The summed E-state index contributed by atoms with van der Waals surface area (Å²) in [6.45, 7) is 9.45. The maximum absolute atomic E-state index is 12.8. The van der Waals surface area contributed by atoms with E-state index >= 15 is 0 Å². The minimum Gasteiger partial charge on any atom is -0.444 e. The highest BCUT2D eigenvalue weighted by molar-refractivity contribution is 5.69. The highest BCUT2D eigenvalue weighted by Crippen LogP contribution is 2.50. The highest BCUT2D eigenvalue weighted by atomic mass is 16.6. The molecule has 1 unspecified atom stereocenters. The second-order valence-corrected chi connectivity index (χ2v) is 9.29. The second-order valence-electron chi connectivity index (χ2n) is 9.29. The van der Waals surface area contributed by atoms with Gasteiger partial charge < -0.3 is 19.9 Å². The third kappa shape index (κ3) is 4.40. The van der Waals surface area contributed by atoms with E-state index in [9.17, 15) is 4.79 Å². The summed E-state index contributed by atoms with van der Waals surface area (Å²) in [7, 11) is 4.20. The van der Waals surface area contributed by atoms with Crippen molar-refractivity contribution < 1.29 is 9.53 Å². The van der Waals surface area contributed by atoms with E-state index in [1.54, 1.807) is 0 Å². The molecule has 1 N–H and O–H groups in total. The van der Waals surface area contributed by atoms with Crippen LogP contribution in [-0.2, 0) is 4.74 Å². The number of likely N-dealkylation sites (tertiary alicyclic amines) is 1. The number of anilines is 1. The van der Waals surface area contributed by atoms with E-state index in [1.165, 1.54) is 24.1 Å². The third-order valence-corrected chi connectivity index (χ3v) is 6.07. The highest BCUT2D eigenvalue weighted by Gasteiger charge is 2.46. The van der Waals surface area contributed by atoms with Crippen molar-refractivity contribution in [3.63, 3.8) is 0 Å². The van der Waals surface area contributed by atoms with Crippen LogP contribution in [0, 0.1) is 5.41 Å². The average molecular weight is 374 g/mol. The van der Waals surface area contributed by atoms with Gasteiger partial charge in [0.2, 0.25) is 0 Å². The Labute approximate surface area is 164 Å². The van der Waals surface area contributed by atoms with E-state index in [2.05, 4.69) is 48.6 Å². The molecule has 0 aliphatic carbocycles. The number of nitrogens with one attached hydrogen (secondary N) is 1. The molecule has 0 saturated carbocycles. The largest absolute Gasteiger partial charge is 0.444 e. The summed E-state index contributed by atoms with van der Waals surface area (Å²) in [6.07, 6.45) is 3.20. The number of carbonyl (C=O) groups is 1. The number of para-hydroxylation sites is 1. The Balaban J connectivity index is 1.93. The quantitative estimate of drug-likeness (QED) is 0.855. The maximum atomic E-state index is 12.8. The first-order chi connectivity index (χ1) is 12.7. The van der Waals surface area contributed by atoms with Crippen molar-refractivity contribution in [1.29, 1.82) is 0 Å². The van der Waals surface area contributed by atoms with Gasteiger partial charge >= 0.3 is 6.09 Å². The molecule has 150 valence electrons. The normalized spacial score (nSPS) is 22.6. The standard InChI is InChI=1S/C22H35N3O2/c1-21(2,3)27-20(26)25-15-12-22(10-13-23-14-11-22)18(16-25)17-8-6-7-9-19(17)24(4)5/h6-9,18,23H,10-16H2,1-5H3. The fourth-order valence-corrected chi connectivity index (χ4v) is 4.67. The Bertz CT molecular complexity index is 660. The molecule has 0 aromatic heterocycles. The van der Waals surface area contributed by atoms with Crippen LogP contribution >= 0.6 is 0 Å². The zero-order chi connectivity index (χ0) is 19.7. The number of nitrogens with zero attached hydrogens (tertiary/aromatic N) is 2. The molecular weight excluding hydrogens is 338 g/mol. The van der Waals surface area contributed by atoms with Crippen molar-refractivity contribution >= 4 is 11.8 Å². The van der Waals surface area contributed by atoms with Crippen molar-refractivity contribution in [3.05, 3.63) is 29.8 Å². The van der Waals surface area contributed by atoms with Crippen LogP contribution in [0.15, 0.2) is 24.3 Å². The molecule has 0 bridgehead atoms. The molecule has 27 heavy (non-hydrogen) atoms. The van der Waals surface area contributed by atoms with E-state index in [-0.39, 0.29) is 11.5 Å². The van der Waals surface area contributed by atoms with Crippen molar-refractivity contribution in [2.75, 3.05) is 45.2 Å². The lowest BCUT2D eigenvalue weighted by Gasteiger charge is -2.51. The van der Waals surface area contributed by atoms with Crippen LogP contribution in [0.3, 0.4) is 0 Å². The Morgan fingerprint density at radius 1 is 1.19 bits per heavy atom. The van der Waals surface area contributed by atoms with Gasteiger partial charge in [-0.3, -0.25) is 0 Å². The molecule has 3 rings (SSSR count). The Morgan fingerprint density at radius 2 is 1.85 bits per heavy atom. The van der Waals surface area contributed by atoms with Crippen molar-refractivity contribution in [2.24, 2.45) is 5.41 Å². The first-order valence-corrected chi connectivity index (χ1v) is 10.2. The number of hydrogen-bond donors (Lipinski definition) is 1. The number of carbonyl (C=O) groups excluding carboxylic acids is 1. The average Bonchev–Trinajstić information content (AvgIpc) is 2.61. The minimum absolute atomic E-state index is 0.182. The van der Waals surface area contributed by atoms with Gasteiger partial charge in [0.05, 0.1) is 0 Å². The van der Waals surface area contributed by atoms with Gasteiger partial charge in [-0.1, -0.05) is 18.2 Å². The predicted octanol–water partition coefficient (Wildman–Crippen LogP) is 3.85. The number of amides is 1. The molecular formula is C22H35N3O2. The number of benzene rings is 1. The van der Waals surface area contributed by atoms with Gasteiger partial charge in [0, 0.05) is 38.8 Å². The van der Waals surface area contributed by atoms with Gasteiger partial charge in [0.1, 0.15) is 5.60 Å². The zero-order valence-corrected chi connectivity index (χ0v) is 17.5. The van der Waals surface area contributed by atoms with Crippen LogP contribution in [0.2, 0.25) is 0 Å². The van der Waals surface area contributed by atoms with Gasteiger partial charge in [-0.25, -0.2) is 4.79 Å². The van der Waals surface area contributed by atoms with Gasteiger partial charge in [-0.15, -0.1) is 0 Å². The van der Waals surface area contributed by atoms with E-state index in [1.807, 2.05) is 25.7 Å². The molecule has 1 atom stereocenters. The molecule has 5 nitrogen and oxygen atoms in total. The van der Waals surface area contributed by atoms with Crippen LogP contribution in [0.4, 0.5) is 10.5 Å². The lowest BCUT2D eigenvalue weighted by molar-refractivity contribution is -0.00232. The first-order valence-electron chi connectivity index (χ1n) is 10.2. The fourth-order valence-electron chi connectivity index (χ4n) is 4.67. The minimum atomic E-state index is -0.460. The molecule has 5 heteroatoms. The monoisotopic (exact) mass is 373 g/mol. The maximum Gasteiger partial charge on any atom is 0.410 e. The number of ether oxygens (including phenoxy) is 1. The second kappa shape index (κ2) is 7.70. The molecule has 2 aliphatic rings. The van der Waals surface area contributed by atoms with Gasteiger partial charge in [-0.05, 0) is 70.2 Å². The molecule has 2 heterocycles. The van der Waals surface area contributed by atoms with Crippen molar-refractivity contribution in [3.8, 4) is 0 Å². The number of hydrogen-bond acceptors (Lipinski definition) is 4. The zero-order valence-electron chi connectivity index (χ0n) is 17.5. The molecule has 0 radical (unpaired) electrons. The SMILES string of the molecule is CN(C)c1ccccc1C1CN(C(=O)OC(C)(C)C)CCC12CCNCC2. The summed E-state index contributed by atoms with van der Waals surface area (Å²) in [5.41, 5.74) is 2.41. The van der Waals surface area contributed by atoms with Crippen LogP contribution in [0.25, 0.3) is 0 Å². The summed E-state index contributed by atoms with van der Waals surface area (Å²) in [5, 5.41) is 3.52. The van der Waals surface area contributed by atoms with Gasteiger partial charge in [0.15, 0.2) is 0 Å². The lowest BCUT2D eigenvalue weighted by Crippen LogP contribution is -2.52. The predicted molar refractivity (Wildman–Crippen MR) is 110 cm³/mol. The number of rotatable bonds is 2. The molecule has 1 amide bonds. The molecule has 1 aromatic rings. The van der Waals surface area contributed by atoms with Crippen LogP contribution in [-0.4, -0.2) is 56.9 Å². The Kier molecular flexibility index (Phi) is 5.71. The molecule has 1 aromatic carbocycles. The third-order valence-electron chi connectivity index (χ3n) is 6.07. The summed E-state index contributed by atoms with van der Waals surface area (Å²) in [5.74, 6) is 0.333. The first kappa shape index (κ1) is 20.0. The van der Waals surface area contributed by atoms with Crippen LogP contribution in [0.1, 0.15) is 51.5 Å². The number of piperidine rings is 2. The van der Waals surface area contributed by atoms with Crippen molar-refractivity contribution in [1.82, 2.24) is 10.2 Å². The van der Waals surface area contributed by atoms with E-state index in [0.717, 1.165) is 32.6 Å². The molecule has 2 aliphatic heterocycles. The fraction of sp³-hybridized carbons (Fsp3) is 0.682. The van der Waals surface area contributed by atoms with Gasteiger partial charge in [0.25, 0.3) is 0 Å². The summed E-state index contributed by atoms with van der Waals surface area (Å²) in [4.78, 5) is 16.9. The molecule has 2 fully saturated rings. The molecule has 1 spiro atoms. The van der Waals surface area contributed by atoms with E-state index in [4.69, 9.17) is 4.74 Å². The van der Waals surface area contributed by atoms with E-state index < -0.39 is 5.60 Å². The lowest BCUT2D eigenvalue weighted by atomic mass is 9.62. The topological polar surface area (TPSA) is 44.8 Å². The summed E-state index contributed by atoms with van der Waals surface area (Å²) >= 11 is 0. The summed E-state index contributed by atoms with van der Waals surface area (Å²) < 4.78 is 5.68. The van der Waals surface area contributed by atoms with Gasteiger partial charge in [-0.2, -0.15) is 0 Å². The smallest absolute Gasteiger partial charge is 0.410 e. The molecule has 2 saturated heterocycles. The van der Waals surface area contributed by atoms with Crippen LogP contribution < -0.4 is 10.2 Å². The summed E-state index contributed by atoms with van der Waals surface area (Å²) in [6, 6.07) is 8.67.